The molecule has 0 fully saturated rings. The molecule has 1 aliphatic rings. The average molecular weight is 425 g/mol. The van der Waals surface area contributed by atoms with Crippen molar-refractivity contribution in [2.24, 2.45) is 0 Å². The number of aryl methyl sites for hydroxylation is 1. The SMILES string of the molecule is CCCCCCC/C=C/C1(C)CCc2cc(OC(CC)CS(=O)(=O)O)ccc2O1. The molecule has 0 saturated carbocycles. The summed E-state index contributed by atoms with van der Waals surface area (Å²) in [6.45, 7) is 6.18. The van der Waals surface area contributed by atoms with Gasteiger partial charge in [-0.3, -0.25) is 4.55 Å². The van der Waals surface area contributed by atoms with Gasteiger partial charge in [0.15, 0.2) is 0 Å². The van der Waals surface area contributed by atoms with Crippen LogP contribution in [0.15, 0.2) is 30.4 Å². The minimum atomic E-state index is -4.06. The Kier molecular flexibility index (Phi) is 9.03. The molecule has 0 aromatic heterocycles. The lowest BCUT2D eigenvalue weighted by Crippen LogP contribution is -2.34. The molecule has 0 amide bonds. The Morgan fingerprint density at radius 2 is 2.00 bits per heavy atom. The van der Waals surface area contributed by atoms with Gasteiger partial charge < -0.3 is 9.47 Å². The largest absolute Gasteiger partial charge is 0.489 e. The van der Waals surface area contributed by atoms with Crippen molar-refractivity contribution in [3.8, 4) is 11.5 Å². The number of allylic oxidation sites excluding steroid dienone is 1. The summed E-state index contributed by atoms with van der Waals surface area (Å²) in [4.78, 5) is 0. The number of benzene rings is 1. The van der Waals surface area contributed by atoms with Gasteiger partial charge in [0.05, 0.1) is 0 Å². The van der Waals surface area contributed by atoms with Gasteiger partial charge in [0.1, 0.15) is 29.0 Å². The van der Waals surface area contributed by atoms with Crippen molar-refractivity contribution in [2.75, 3.05) is 5.75 Å². The van der Waals surface area contributed by atoms with Gasteiger partial charge in [0.2, 0.25) is 0 Å². The van der Waals surface area contributed by atoms with E-state index in [1.807, 2.05) is 19.1 Å². The second-order valence-corrected chi connectivity index (χ2v) is 9.68. The highest BCUT2D eigenvalue weighted by Crippen LogP contribution is 2.36. The lowest BCUT2D eigenvalue weighted by Gasteiger charge is -2.34. The number of hydrogen-bond donors (Lipinski definition) is 1. The van der Waals surface area contributed by atoms with Crippen LogP contribution in [0.3, 0.4) is 0 Å². The number of rotatable bonds is 12. The van der Waals surface area contributed by atoms with Crippen LogP contribution in [0, 0.1) is 0 Å². The summed E-state index contributed by atoms with van der Waals surface area (Å²) in [6, 6.07) is 5.61. The molecule has 0 spiro atoms. The van der Waals surface area contributed by atoms with Crippen LogP contribution in [0.5, 0.6) is 11.5 Å². The van der Waals surface area contributed by atoms with E-state index in [9.17, 15) is 8.42 Å². The maximum Gasteiger partial charge on any atom is 0.268 e. The summed E-state index contributed by atoms with van der Waals surface area (Å²) in [6.07, 6.45) is 13.6. The van der Waals surface area contributed by atoms with Crippen LogP contribution in [-0.4, -0.2) is 30.4 Å². The standard InChI is InChI=1S/C23H36O5S/c1-4-6-7-8-9-10-11-15-23(3)16-14-19-17-21(12-13-22(19)28-23)27-20(5-2)18-29(24,25)26/h11-13,15,17,20H,4-10,14,16,18H2,1-3H3,(H,24,25,26)/b15-11+. The van der Waals surface area contributed by atoms with Crippen LogP contribution >= 0.6 is 0 Å². The molecule has 0 bridgehead atoms. The van der Waals surface area contributed by atoms with Crippen molar-refractivity contribution in [3.63, 3.8) is 0 Å². The molecular formula is C23H36O5S. The minimum Gasteiger partial charge on any atom is -0.489 e. The highest BCUT2D eigenvalue weighted by molar-refractivity contribution is 7.85. The quantitative estimate of drug-likeness (QED) is 0.263. The lowest BCUT2D eigenvalue weighted by atomic mass is 9.91. The lowest BCUT2D eigenvalue weighted by molar-refractivity contribution is 0.113. The average Bonchev–Trinajstić information content (AvgIpc) is 2.66. The Balaban J connectivity index is 1.92. The summed E-state index contributed by atoms with van der Waals surface area (Å²) in [5.41, 5.74) is 0.769. The van der Waals surface area contributed by atoms with Crippen LogP contribution in [0.4, 0.5) is 0 Å². The van der Waals surface area contributed by atoms with E-state index in [1.54, 1.807) is 6.07 Å². The van der Waals surface area contributed by atoms with Gasteiger partial charge in [-0.25, -0.2) is 0 Å². The predicted octanol–water partition coefficient (Wildman–Crippen LogP) is 5.73. The molecule has 1 aliphatic heterocycles. The molecule has 2 atom stereocenters. The van der Waals surface area contributed by atoms with E-state index in [-0.39, 0.29) is 5.60 Å². The van der Waals surface area contributed by atoms with Crippen molar-refractivity contribution in [1.29, 1.82) is 0 Å². The first-order valence-corrected chi connectivity index (χ1v) is 12.5. The van der Waals surface area contributed by atoms with Crippen LogP contribution in [0.25, 0.3) is 0 Å². The number of fused-ring (bicyclic) bond motifs is 1. The normalized spacial score (nSPS) is 20.3. The zero-order chi connectivity index (χ0) is 21.3. The molecule has 1 aromatic carbocycles. The van der Waals surface area contributed by atoms with E-state index in [4.69, 9.17) is 14.0 Å². The molecule has 1 aromatic rings. The molecule has 6 heteroatoms. The zero-order valence-corrected chi connectivity index (χ0v) is 18.8. The molecule has 5 nitrogen and oxygen atoms in total. The topological polar surface area (TPSA) is 72.8 Å². The van der Waals surface area contributed by atoms with Crippen molar-refractivity contribution < 1.29 is 22.4 Å². The maximum atomic E-state index is 11.1. The van der Waals surface area contributed by atoms with Gasteiger partial charge in [-0.1, -0.05) is 45.6 Å². The third kappa shape index (κ3) is 8.39. The van der Waals surface area contributed by atoms with Crippen molar-refractivity contribution in [2.45, 2.75) is 90.3 Å². The Morgan fingerprint density at radius 1 is 1.24 bits per heavy atom. The van der Waals surface area contributed by atoms with Crippen molar-refractivity contribution in [1.82, 2.24) is 0 Å². The van der Waals surface area contributed by atoms with E-state index in [2.05, 4.69) is 26.0 Å². The van der Waals surface area contributed by atoms with Crippen LogP contribution < -0.4 is 9.47 Å². The second kappa shape index (κ2) is 11.0. The van der Waals surface area contributed by atoms with Gasteiger partial charge in [0, 0.05) is 0 Å². The fourth-order valence-corrected chi connectivity index (χ4v) is 4.36. The molecule has 1 heterocycles. The fraction of sp³-hybridized carbons (Fsp3) is 0.652. The van der Waals surface area contributed by atoms with Gasteiger partial charge in [-0.05, 0) is 68.9 Å². The Labute approximate surface area is 176 Å². The number of unbranched alkanes of at least 4 members (excludes halogenated alkanes) is 5. The fourth-order valence-electron chi connectivity index (χ4n) is 3.59. The number of hydrogen-bond acceptors (Lipinski definition) is 4. The van der Waals surface area contributed by atoms with E-state index in [1.165, 1.54) is 32.1 Å². The second-order valence-electron chi connectivity index (χ2n) is 8.19. The molecule has 29 heavy (non-hydrogen) atoms. The van der Waals surface area contributed by atoms with Gasteiger partial charge in [0.25, 0.3) is 10.1 Å². The van der Waals surface area contributed by atoms with E-state index in [0.29, 0.717) is 12.2 Å². The molecule has 0 aliphatic carbocycles. The van der Waals surface area contributed by atoms with E-state index >= 15 is 0 Å². The third-order valence-electron chi connectivity index (χ3n) is 5.37. The Hall–Kier alpha value is -1.53. The van der Waals surface area contributed by atoms with Crippen LogP contribution in [0.1, 0.15) is 77.7 Å². The highest BCUT2D eigenvalue weighted by atomic mass is 32.2. The molecular weight excluding hydrogens is 388 g/mol. The summed E-state index contributed by atoms with van der Waals surface area (Å²) in [7, 11) is -4.06. The van der Waals surface area contributed by atoms with Gasteiger partial charge in [-0.2, -0.15) is 8.42 Å². The van der Waals surface area contributed by atoms with Crippen molar-refractivity contribution >= 4 is 10.1 Å². The molecule has 2 unspecified atom stereocenters. The summed E-state index contributed by atoms with van der Waals surface area (Å²) in [5.74, 6) is 1.05. The zero-order valence-electron chi connectivity index (χ0n) is 18.0. The summed E-state index contributed by atoms with van der Waals surface area (Å²) in [5, 5.41) is 0. The summed E-state index contributed by atoms with van der Waals surface area (Å²) < 4.78 is 43.3. The monoisotopic (exact) mass is 424 g/mol. The number of ether oxygens (including phenoxy) is 2. The van der Waals surface area contributed by atoms with Gasteiger partial charge in [-0.15, -0.1) is 0 Å². The van der Waals surface area contributed by atoms with Crippen molar-refractivity contribution in [3.05, 3.63) is 35.9 Å². The van der Waals surface area contributed by atoms with Gasteiger partial charge >= 0.3 is 0 Å². The molecule has 0 radical (unpaired) electrons. The smallest absolute Gasteiger partial charge is 0.268 e. The first-order valence-electron chi connectivity index (χ1n) is 10.9. The van der Waals surface area contributed by atoms with E-state index < -0.39 is 22.0 Å². The molecule has 164 valence electrons. The third-order valence-corrected chi connectivity index (χ3v) is 6.16. The first kappa shape index (κ1) is 23.7. The van der Waals surface area contributed by atoms with E-state index in [0.717, 1.165) is 30.6 Å². The summed E-state index contributed by atoms with van der Waals surface area (Å²) >= 11 is 0. The highest BCUT2D eigenvalue weighted by Gasteiger charge is 2.29. The van der Waals surface area contributed by atoms with Crippen LogP contribution in [-0.2, 0) is 16.5 Å². The molecule has 1 N–H and O–H groups in total. The Bertz CT molecular complexity index is 771. The van der Waals surface area contributed by atoms with Crippen LogP contribution in [0.2, 0.25) is 0 Å². The predicted molar refractivity (Wildman–Crippen MR) is 117 cm³/mol. The molecule has 0 saturated heterocycles. The first-order chi connectivity index (χ1) is 13.7. The minimum absolute atomic E-state index is 0.296. The molecule has 2 rings (SSSR count). The Morgan fingerprint density at radius 3 is 2.69 bits per heavy atom. The maximum absolute atomic E-state index is 11.1.